The lowest BCUT2D eigenvalue weighted by Gasteiger charge is -2.32. The van der Waals surface area contributed by atoms with E-state index in [2.05, 4.69) is 4.74 Å². The van der Waals surface area contributed by atoms with Crippen molar-refractivity contribution in [3.8, 4) is 0 Å². The van der Waals surface area contributed by atoms with Crippen molar-refractivity contribution in [1.29, 1.82) is 0 Å². The standard InChI is InChI=1S/C12H15N3O4/c1-6-4-15(13)11(17)9-7(2)10(16)8(5-14(6)9)12(18)19-3/h5-6H,4,13H2,1-3H3/t6-/m0/s1. The van der Waals surface area contributed by atoms with E-state index in [-0.39, 0.29) is 22.9 Å². The molecule has 0 radical (unpaired) electrons. The minimum absolute atomic E-state index is 0.0751. The van der Waals surface area contributed by atoms with Crippen LogP contribution in [0.25, 0.3) is 0 Å². The third kappa shape index (κ3) is 1.91. The van der Waals surface area contributed by atoms with Gasteiger partial charge in [-0.15, -0.1) is 0 Å². The third-order valence-electron chi connectivity index (χ3n) is 3.27. The number of rotatable bonds is 1. The van der Waals surface area contributed by atoms with Gasteiger partial charge in [-0.2, -0.15) is 0 Å². The first-order chi connectivity index (χ1) is 8.88. The molecule has 19 heavy (non-hydrogen) atoms. The number of pyridine rings is 1. The molecule has 0 saturated heterocycles. The van der Waals surface area contributed by atoms with E-state index in [1.54, 1.807) is 4.57 Å². The molecule has 1 aromatic heterocycles. The number of fused-ring (bicyclic) bond motifs is 1. The molecule has 7 heteroatoms. The van der Waals surface area contributed by atoms with Crippen molar-refractivity contribution in [3.05, 3.63) is 33.2 Å². The van der Waals surface area contributed by atoms with Gasteiger partial charge < -0.3 is 9.30 Å². The number of nitrogens with zero attached hydrogens (tertiary/aromatic N) is 2. The second-order valence-electron chi connectivity index (χ2n) is 4.55. The van der Waals surface area contributed by atoms with Crippen LogP contribution in [-0.4, -0.2) is 35.1 Å². The quantitative estimate of drug-likeness (QED) is 0.432. The normalized spacial score (nSPS) is 18.2. The molecule has 0 spiro atoms. The Morgan fingerprint density at radius 1 is 1.47 bits per heavy atom. The van der Waals surface area contributed by atoms with Crippen LogP contribution in [0.5, 0.6) is 0 Å². The highest BCUT2D eigenvalue weighted by Crippen LogP contribution is 2.20. The average Bonchev–Trinajstić information content (AvgIpc) is 2.38. The van der Waals surface area contributed by atoms with Crippen LogP contribution >= 0.6 is 0 Å². The fraction of sp³-hybridized carbons (Fsp3) is 0.417. The van der Waals surface area contributed by atoms with Gasteiger partial charge in [0.25, 0.3) is 5.91 Å². The first kappa shape index (κ1) is 13.3. The van der Waals surface area contributed by atoms with Crippen LogP contribution in [0.4, 0.5) is 0 Å². The van der Waals surface area contributed by atoms with E-state index < -0.39 is 17.3 Å². The molecule has 1 aromatic rings. The van der Waals surface area contributed by atoms with Crippen molar-refractivity contribution in [2.45, 2.75) is 19.9 Å². The van der Waals surface area contributed by atoms with Gasteiger partial charge in [0.05, 0.1) is 19.7 Å². The molecule has 0 unspecified atom stereocenters. The Kier molecular flexibility index (Phi) is 3.15. The molecule has 0 bridgehead atoms. The molecule has 0 aliphatic carbocycles. The van der Waals surface area contributed by atoms with Gasteiger partial charge in [0.15, 0.2) is 5.43 Å². The van der Waals surface area contributed by atoms with Crippen LogP contribution in [0.1, 0.15) is 39.4 Å². The maximum absolute atomic E-state index is 12.1. The molecule has 7 nitrogen and oxygen atoms in total. The molecule has 0 saturated carbocycles. The molecule has 102 valence electrons. The summed E-state index contributed by atoms with van der Waals surface area (Å²) in [5.41, 5.74) is -0.156. The highest BCUT2D eigenvalue weighted by atomic mass is 16.5. The van der Waals surface area contributed by atoms with Gasteiger partial charge in [0.1, 0.15) is 11.3 Å². The number of methoxy groups -OCH3 is 1. The molecule has 1 atom stereocenters. The number of hydrogen-bond donors (Lipinski definition) is 1. The molecular formula is C12H15N3O4. The second kappa shape index (κ2) is 4.51. The van der Waals surface area contributed by atoms with Crippen molar-refractivity contribution in [1.82, 2.24) is 9.58 Å². The number of ether oxygens (including phenoxy) is 1. The first-order valence-corrected chi connectivity index (χ1v) is 5.79. The summed E-state index contributed by atoms with van der Waals surface area (Å²) >= 11 is 0. The summed E-state index contributed by atoms with van der Waals surface area (Å²) in [5.74, 6) is 4.47. The van der Waals surface area contributed by atoms with Crippen molar-refractivity contribution < 1.29 is 14.3 Å². The number of amides is 1. The van der Waals surface area contributed by atoms with Gasteiger partial charge in [0.2, 0.25) is 0 Å². The summed E-state index contributed by atoms with van der Waals surface area (Å²) in [6.07, 6.45) is 1.37. The van der Waals surface area contributed by atoms with Crippen molar-refractivity contribution in [2.24, 2.45) is 5.84 Å². The lowest BCUT2D eigenvalue weighted by atomic mass is 10.1. The number of carbonyl (C=O) groups excluding carboxylic acids is 2. The zero-order chi connectivity index (χ0) is 14.3. The highest BCUT2D eigenvalue weighted by Gasteiger charge is 2.31. The number of esters is 1. The Morgan fingerprint density at radius 2 is 2.11 bits per heavy atom. The minimum atomic E-state index is -0.710. The average molecular weight is 265 g/mol. The van der Waals surface area contributed by atoms with Crippen LogP contribution in [0.15, 0.2) is 11.0 Å². The monoisotopic (exact) mass is 265 g/mol. The van der Waals surface area contributed by atoms with Crippen LogP contribution in [0.3, 0.4) is 0 Å². The highest BCUT2D eigenvalue weighted by molar-refractivity contribution is 5.96. The van der Waals surface area contributed by atoms with E-state index >= 15 is 0 Å². The van der Waals surface area contributed by atoms with Crippen LogP contribution < -0.4 is 11.3 Å². The van der Waals surface area contributed by atoms with Gasteiger partial charge in [-0.1, -0.05) is 0 Å². The molecule has 2 heterocycles. The molecule has 1 amide bonds. The van der Waals surface area contributed by atoms with Crippen LogP contribution in [0, 0.1) is 6.92 Å². The number of hydrogen-bond acceptors (Lipinski definition) is 5. The van der Waals surface area contributed by atoms with Crippen molar-refractivity contribution in [2.75, 3.05) is 13.7 Å². The van der Waals surface area contributed by atoms with Gasteiger partial charge in [-0.25, -0.2) is 10.6 Å². The molecule has 0 fully saturated rings. The fourth-order valence-electron chi connectivity index (χ4n) is 2.23. The Morgan fingerprint density at radius 3 is 2.68 bits per heavy atom. The smallest absolute Gasteiger partial charge is 0.343 e. The van der Waals surface area contributed by atoms with E-state index in [1.165, 1.54) is 20.2 Å². The predicted molar refractivity (Wildman–Crippen MR) is 66.7 cm³/mol. The van der Waals surface area contributed by atoms with Gasteiger partial charge >= 0.3 is 5.97 Å². The SMILES string of the molecule is COC(=O)c1cn2c(c(C)c1=O)C(=O)N(N)C[C@@H]2C. The summed E-state index contributed by atoms with van der Waals surface area (Å²) in [5, 5.41) is 1.07. The first-order valence-electron chi connectivity index (χ1n) is 5.79. The van der Waals surface area contributed by atoms with Gasteiger partial charge in [-0.3, -0.25) is 14.6 Å². The number of aromatic nitrogens is 1. The summed E-state index contributed by atoms with van der Waals surface area (Å²) in [7, 11) is 1.21. The van der Waals surface area contributed by atoms with E-state index in [0.717, 1.165) is 5.01 Å². The topological polar surface area (TPSA) is 94.6 Å². The Balaban J connectivity index is 2.75. The van der Waals surface area contributed by atoms with Crippen LogP contribution in [0.2, 0.25) is 0 Å². The summed E-state index contributed by atoms with van der Waals surface area (Å²) in [4.78, 5) is 35.7. The predicted octanol–water partition coefficient (Wildman–Crippen LogP) is -0.166. The number of carbonyl (C=O) groups is 2. The van der Waals surface area contributed by atoms with E-state index in [4.69, 9.17) is 5.84 Å². The maximum Gasteiger partial charge on any atom is 0.343 e. The number of hydrazine groups is 1. The molecule has 2 rings (SSSR count). The lowest BCUT2D eigenvalue weighted by molar-refractivity contribution is 0.0590. The van der Waals surface area contributed by atoms with E-state index in [0.29, 0.717) is 6.54 Å². The second-order valence-corrected chi connectivity index (χ2v) is 4.55. The van der Waals surface area contributed by atoms with E-state index in [1.807, 2.05) is 6.92 Å². The van der Waals surface area contributed by atoms with E-state index in [9.17, 15) is 14.4 Å². The lowest BCUT2D eigenvalue weighted by Crippen LogP contribution is -2.48. The van der Waals surface area contributed by atoms with Crippen molar-refractivity contribution in [3.63, 3.8) is 0 Å². The maximum atomic E-state index is 12.1. The van der Waals surface area contributed by atoms with Crippen molar-refractivity contribution >= 4 is 11.9 Å². The molecule has 0 aromatic carbocycles. The third-order valence-corrected chi connectivity index (χ3v) is 3.27. The Bertz CT molecular complexity index is 620. The minimum Gasteiger partial charge on any atom is -0.465 e. The zero-order valence-electron chi connectivity index (χ0n) is 11.0. The fourth-order valence-corrected chi connectivity index (χ4v) is 2.23. The Hall–Kier alpha value is -2.15. The summed E-state index contributed by atoms with van der Waals surface area (Å²) in [6.45, 7) is 3.67. The largest absolute Gasteiger partial charge is 0.465 e. The van der Waals surface area contributed by atoms with Gasteiger partial charge in [0, 0.05) is 11.8 Å². The molecule has 1 aliphatic heterocycles. The molecular weight excluding hydrogens is 250 g/mol. The number of nitrogens with two attached hydrogens (primary N) is 1. The summed E-state index contributed by atoms with van der Waals surface area (Å²) < 4.78 is 6.18. The summed E-state index contributed by atoms with van der Waals surface area (Å²) in [6, 6.07) is -0.125. The Labute approximate surface area is 109 Å². The van der Waals surface area contributed by atoms with Gasteiger partial charge in [-0.05, 0) is 13.8 Å². The molecule has 1 aliphatic rings. The zero-order valence-corrected chi connectivity index (χ0v) is 11.0. The molecule has 2 N–H and O–H groups in total. The van der Waals surface area contributed by atoms with Crippen LogP contribution in [-0.2, 0) is 4.74 Å².